The Hall–Kier alpha value is 0.137. The Bertz CT molecular complexity index is 165. The van der Waals surface area contributed by atoms with Crippen LogP contribution >= 0.6 is 0 Å². The molecule has 1 rings (SSSR count). The van der Waals surface area contributed by atoms with Crippen molar-refractivity contribution in [1.29, 1.82) is 0 Å². The quantitative estimate of drug-likeness (QED) is 0.712. The topological polar surface area (TPSA) is 35.2 Å². The molecule has 1 heterocycles. The van der Waals surface area contributed by atoms with Crippen molar-refractivity contribution in [2.24, 2.45) is 5.73 Å². The summed E-state index contributed by atoms with van der Waals surface area (Å²) in [4.78, 5) is 0. The second kappa shape index (κ2) is 4.58. The molecule has 0 bridgehead atoms. The molecule has 2 N–H and O–H groups in total. The normalized spacial score (nSPS) is 37.4. The lowest BCUT2D eigenvalue weighted by molar-refractivity contribution is 0.129. The maximum atomic E-state index is 6.19. The highest BCUT2D eigenvalue weighted by Crippen LogP contribution is 2.30. The summed E-state index contributed by atoms with van der Waals surface area (Å²) in [5.74, 6) is 0. The van der Waals surface area contributed by atoms with Crippen molar-refractivity contribution in [3.63, 3.8) is 0 Å². The minimum atomic E-state index is -1.33. The van der Waals surface area contributed by atoms with Gasteiger partial charge in [0.25, 0.3) is 0 Å². The van der Waals surface area contributed by atoms with Crippen LogP contribution in [0.5, 0.6) is 0 Å². The first-order valence-corrected chi connectivity index (χ1v) is 8.37. The first-order valence-electron chi connectivity index (χ1n) is 5.54. The third-order valence-electron chi connectivity index (χ3n) is 3.33. The lowest BCUT2D eigenvalue weighted by Crippen LogP contribution is -2.48. The monoisotopic (exact) mass is 201 g/mol. The van der Waals surface area contributed by atoms with Crippen LogP contribution in [-0.4, -0.2) is 20.5 Å². The van der Waals surface area contributed by atoms with Crippen LogP contribution in [0.4, 0.5) is 0 Å². The number of rotatable bonds is 3. The highest BCUT2D eigenvalue weighted by molar-refractivity contribution is 6.72. The van der Waals surface area contributed by atoms with Crippen molar-refractivity contribution >= 4 is 8.32 Å². The van der Waals surface area contributed by atoms with Crippen molar-refractivity contribution in [2.45, 2.75) is 63.9 Å². The van der Waals surface area contributed by atoms with E-state index < -0.39 is 8.32 Å². The second-order valence-electron chi connectivity index (χ2n) is 4.42. The molecule has 0 radical (unpaired) electrons. The molecule has 0 spiro atoms. The van der Waals surface area contributed by atoms with E-state index in [1.807, 2.05) is 0 Å². The van der Waals surface area contributed by atoms with E-state index in [0.717, 1.165) is 6.42 Å². The van der Waals surface area contributed by atoms with Gasteiger partial charge < -0.3 is 10.2 Å². The van der Waals surface area contributed by atoms with Gasteiger partial charge in [-0.1, -0.05) is 20.3 Å². The summed E-state index contributed by atoms with van der Waals surface area (Å²) < 4.78 is 6.19. The molecule has 1 fully saturated rings. The van der Waals surface area contributed by atoms with E-state index in [4.69, 9.17) is 10.2 Å². The number of nitrogens with two attached hydrogens (primary N) is 1. The van der Waals surface area contributed by atoms with Gasteiger partial charge in [0.1, 0.15) is 0 Å². The lowest BCUT2D eigenvalue weighted by Gasteiger charge is -2.39. The van der Waals surface area contributed by atoms with E-state index in [1.165, 1.54) is 24.9 Å². The van der Waals surface area contributed by atoms with E-state index in [-0.39, 0.29) is 6.04 Å². The van der Waals surface area contributed by atoms with Crippen LogP contribution in [0.25, 0.3) is 0 Å². The van der Waals surface area contributed by atoms with E-state index >= 15 is 0 Å². The van der Waals surface area contributed by atoms with Crippen molar-refractivity contribution in [3.8, 4) is 0 Å². The Morgan fingerprint density at radius 1 is 1.54 bits per heavy atom. The molecule has 0 aromatic heterocycles. The van der Waals surface area contributed by atoms with Gasteiger partial charge in [-0.15, -0.1) is 0 Å². The standard InChI is InChI=1S/C10H23NOSi/c1-4-9(11)10-7-6-8-13(3,5-2)12-10/h9-10H,4-8,11H2,1-3H3. The summed E-state index contributed by atoms with van der Waals surface area (Å²) in [5, 5.41) is 0. The summed E-state index contributed by atoms with van der Waals surface area (Å²) in [6.45, 7) is 6.75. The lowest BCUT2D eigenvalue weighted by atomic mass is 10.1. The summed E-state index contributed by atoms with van der Waals surface area (Å²) in [5.41, 5.74) is 6.02. The molecule has 3 unspecified atom stereocenters. The molecule has 0 aromatic carbocycles. The molecule has 1 aliphatic heterocycles. The first kappa shape index (κ1) is 11.2. The van der Waals surface area contributed by atoms with Crippen molar-refractivity contribution < 1.29 is 4.43 Å². The molecule has 1 saturated heterocycles. The minimum Gasteiger partial charge on any atom is -0.413 e. The zero-order valence-corrected chi connectivity index (χ0v) is 10.2. The average molecular weight is 201 g/mol. The van der Waals surface area contributed by atoms with E-state index in [9.17, 15) is 0 Å². The molecular weight excluding hydrogens is 178 g/mol. The van der Waals surface area contributed by atoms with Crippen LogP contribution in [0, 0.1) is 0 Å². The Labute approximate surface area is 83.0 Å². The van der Waals surface area contributed by atoms with Gasteiger partial charge in [0.2, 0.25) is 0 Å². The Balaban J connectivity index is 2.51. The fourth-order valence-electron chi connectivity index (χ4n) is 1.98. The fraction of sp³-hybridized carbons (Fsp3) is 1.00. The molecule has 0 saturated carbocycles. The first-order chi connectivity index (χ1) is 6.11. The van der Waals surface area contributed by atoms with Crippen LogP contribution in [0.3, 0.4) is 0 Å². The average Bonchev–Trinajstić information content (AvgIpc) is 2.17. The van der Waals surface area contributed by atoms with E-state index in [2.05, 4.69) is 20.4 Å². The highest BCUT2D eigenvalue weighted by atomic mass is 28.4. The maximum absolute atomic E-state index is 6.19. The SMILES string of the molecule is CCC(N)C1CCC[Si](C)(CC)O1. The molecule has 0 aliphatic carbocycles. The molecule has 13 heavy (non-hydrogen) atoms. The molecule has 3 atom stereocenters. The molecule has 2 nitrogen and oxygen atoms in total. The van der Waals surface area contributed by atoms with Crippen molar-refractivity contribution in [2.75, 3.05) is 0 Å². The summed E-state index contributed by atoms with van der Waals surface area (Å²) in [6.07, 6.45) is 3.90. The summed E-state index contributed by atoms with van der Waals surface area (Å²) in [6, 6.07) is 2.83. The largest absolute Gasteiger partial charge is 0.413 e. The third-order valence-corrected chi connectivity index (χ3v) is 7.11. The van der Waals surface area contributed by atoms with Crippen LogP contribution in [-0.2, 0) is 4.43 Å². The zero-order valence-electron chi connectivity index (χ0n) is 9.18. The molecule has 0 amide bonds. The van der Waals surface area contributed by atoms with Crippen LogP contribution in [0.2, 0.25) is 18.6 Å². The molecule has 0 aromatic rings. The fourth-order valence-corrected chi connectivity index (χ4v) is 4.60. The zero-order chi connectivity index (χ0) is 9.90. The Morgan fingerprint density at radius 2 is 2.23 bits per heavy atom. The van der Waals surface area contributed by atoms with Crippen LogP contribution in [0.1, 0.15) is 33.1 Å². The predicted molar refractivity (Wildman–Crippen MR) is 59.3 cm³/mol. The van der Waals surface area contributed by atoms with Gasteiger partial charge in [0, 0.05) is 6.04 Å². The molecule has 1 aliphatic rings. The Kier molecular flexibility index (Phi) is 3.95. The van der Waals surface area contributed by atoms with E-state index in [0.29, 0.717) is 6.10 Å². The van der Waals surface area contributed by atoms with E-state index in [1.54, 1.807) is 0 Å². The van der Waals surface area contributed by atoms with Gasteiger partial charge in [-0.3, -0.25) is 0 Å². The van der Waals surface area contributed by atoms with Gasteiger partial charge in [-0.25, -0.2) is 0 Å². The summed E-state index contributed by atoms with van der Waals surface area (Å²) in [7, 11) is -1.33. The third kappa shape index (κ3) is 2.79. The Morgan fingerprint density at radius 3 is 2.77 bits per heavy atom. The molecule has 78 valence electrons. The van der Waals surface area contributed by atoms with Gasteiger partial charge in [0.15, 0.2) is 8.32 Å². The molecular formula is C10H23NOSi. The van der Waals surface area contributed by atoms with Gasteiger partial charge >= 0.3 is 0 Å². The maximum Gasteiger partial charge on any atom is 0.190 e. The van der Waals surface area contributed by atoms with Crippen molar-refractivity contribution in [1.82, 2.24) is 0 Å². The number of hydrogen-bond acceptors (Lipinski definition) is 2. The molecule has 3 heteroatoms. The smallest absolute Gasteiger partial charge is 0.190 e. The van der Waals surface area contributed by atoms with Gasteiger partial charge in [0.05, 0.1) is 6.10 Å². The second-order valence-corrected chi connectivity index (χ2v) is 8.77. The highest BCUT2D eigenvalue weighted by Gasteiger charge is 2.35. The van der Waals surface area contributed by atoms with Crippen molar-refractivity contribution in [3.05, 3.63) is 0 Å². The van der Waals surface area contributed by atoms with Gasteiger partial charge in [-0.05, 0) is 31.5 Å². The van der Waals surface area contributed by atoms with Crippen LogP contribution in [0.15, 0.2) is 0 Å². The minimum absolute atomic E-state index is 0.263. The predicted octanol–water partition coefficient (Wildman–Crippen LogP) is 2.50. The summed E-state index contributed by atoms with van der Waals surface area (Å²) >= 11 is 0. The number of hydrogen-bond donors (Lipinski definition) is 1. The van der Waals surface area contributed by atoms with Crippen LogP contribution < -0.4 is 5.73 Å². The van der Waals surface area contributed by atoms with Gasteiger partial charge in [-0.2, -0.15) is 0 Å².